The van der Waals surface area contributed by atoms with Crippen LogP contribution in [0.5, 0.6) is 0 Å². The lowest BCUT2D eigenvalue weighted by molar-refractivity contribution is -0.141. The second-order valence-electron chi connectivity index (χ2n) is 5.55. The van der Waals surface area contributed by atoms with Gasteiger partial charge in [-0.2, -0.15) is 18.3 Å². The summed E-state index contributed by atoms with van der Waals surface area (Å²) in [4.78, 5) is 10.1. The van der Waals surface area contributed by atoms with Gasteiger partial charge in [0.25, 0.3) is 0 Å². The number of hydrogen-bond acceptors (Lipinski definition) is 4. The zero-order valence-electron chi connectivity index (χ0n) is 12.9. The summed E-state index contributed by atoms with van der Waals surface area (Å²) < 4.78 is 64.7. The van der Waals surface area contributed by atoms with Crippen LogP contribution in [0.4, 0.5) is 13.2 Å². The van der Waals surface area contributed by atoms with Crippen molar-refractivity contribution in [1.29, 1.82) is 0 Å². The first-order valence-electron chi connectivity index (χ1n) is 7.51. The fourth-order valence-corrected chi connectivity index (χ4v) is 4.16. The van der Waals surface area contributed by atoms with Crippen LogP contribution in [0, 0.1) is 0 Å². The second kappa shape index (κ2) is 7.51. The number of nitrogens with zero attached hydrogens (tertiary/aromatic N) is 3. The van der Waals surface area contributed by atoms with E-state index in [1.165, 1.54) is 15.2 Å². The van der Waals surface area contributed by atoms with Crippen molar-refractivity contribution in [3.63, 3.8) is 0 Å². The van der Waals surface area contributed by atoms with Crippen molar-refractivity contribution >= 4 is 16.4 Å². The Balaban J connectivity index is 1.89. The van der Waals surface area contributed by atoms with Crippen molar-refractivity contribution in [2.45, 2.75) is 31.5 Å². The third-order valence-corrected chi connectivity index (χ3v) is 5.85. The van der Waals surface area contributed by atoms with Gasteiger partial charge in [-0.3, -0.25) is 9.48 Å². The number of piperidine rings is 1. The molecule has 11 heteroatoms. The normalized spacial score (nSPS) is 17.8. The predicted octanol–water partition coefficient (Wildman–Crippen LogP) is 1.00. The molecule has 0 saturated carbocycles. The molecule has 1 fully saturated rings. The Morgan fingerprint density at radius 2 is 2.00 bits per heavy atom. The van der Waals surface area contributed by atoms with E-state index in [0.717, 1.165) is 6.07 Å². The predicted molar refractivity (Wildman–Crippen MR) is 79.5 cm³/mol. The highest BCUT2D eigenvalue weighted by atomic mass is 32.2. The summed E-state index contributed by atoms with van der Waals surface area (Å²) >= 11 is 0. The number of carbonyl (C=O) groups is 1. The molecular weight excluding hydrogens is 349 g/mol. The number of halogens is 3. The molecule has 1 aromatic rings. The Labute approximate surface area is 137 Å². The van der Waals surface area contributed by atoms with Crippen LogP contribution in [0.25, 0.3) is 0 Å². The van der Waals surface area contributed by atoms with Gasteiger partial charge in [0, 0.05) is 25.8 Å². The average molecular weight is 368 g/mol. The molecule has 7 nitrogen and oxygen atoms in total. The van der Waals surface area contributed by atoms with E-state index in [1.807, 2.05) is 0 Å². The highest BCUT2D eigenvalue weighted by Gasteiger charge is 2.35. The van der Waals surface area contributed by atoms with Crippen LogP contribution in [0.3, 0.4) is 0 Å². The first kappa shape index (κ1) is 18.7. The minimum absolute atomic E-state index is 0.0709. The van der Waals surface area contributed by atoms with Crippen LogP contribution in [-0.2, 0) is 21.0 Å². The maximum atomic E-state index is 12.6. The Hall–Kier alpha value is -1.62. The van der Waals surface area contributed by atoms with Crippen molar-refractivity contribution in [3.8, 4) is 0 Å². The molecule has 0 unspecified atom stereocenters. The fraction of sp³-hybridized carbons (Fsp3) is 0.692. The van der Waals surface area contributed by atoms with Crippen molar-refractivity contribution < 1.29 is 26.4 Å². The third-order valence-electron chi connectivity index (χ3n) is 3.90. The van der Waals surface area contributed by atoms with E-state index < -0.39 is 21.9 Å². The Bertz CT molecular complexity index is 652. The summed E-state index contributed by atoms with van der Waals surface area (Å²) in [6.07, 6.45) is -1.56. The highest BCUT2D eigenvalue weighted by Crippen LogP contribution is 2.30. The van der Waals surface area contributed by atoms with Gasteiger partial charge in [-0.25, -0.2) is 12.7 Å². The number of nitrogens with one attached hydrogen (secondary N) is 1. The average Bonchev–Trinajstić information content (AvgIpc) is 3.02. The molecule has 2 heterocycles. The number of aromatic nitrogens is 2. The SMILES string of the molecule is O=CNCCCS(=O)(=O)N1CCC(n2ccc(C(F)(F)F)n2)CC1. The Kier molecular flexibility index (Phi) is 5.86. The minimum Gasteiger partial charge on any atom is -0.359 e. The summed E-state index contributed by atoms with van der Waals surface area (Å²) in [5, 5.41) is 5.94. The van der Waals surface area contributed by atoms with E-state index in [1.54, 1.807) is 0 Å². The topological polar surface area (TPSA) is 84.3 Å². The van der Waals surface area contributed by atoms with E-state index in [2.05, 4.69) is 10.4 Å². The van der Waals surface area contributed by atoms with Gasteiger partial charge in [-0.05, 0) is 25.3 Å². The third kappa shape index (κ3) is 4.69. The van der Waals surface area contributed by atoms with Crippen LogP contribution in [0.1, 0.15) is 31.0 Å². The van der Waals surface area contributed by atoms with Gasteiger partial charge in [-0.15, -0.1) is 0 Å². The van der Waals surface area contributed by atoms with Crippen LogP contribution in [-0.4, -0.2) is 54.3 Å². The minimum atomic E-state index is -4.48. The molecule has 136 valence electrons. The van der Waals surface area contributed by atoms with Crippen molar-refractivity contribution in [1.82, 2.24) is 19.4 Å². The molecule has 1 aliphatic heterocycles. The molecule has 1 aromatic heterocycles. The van der Waals surface area contributed by atoms with E-state index in [0.29, 0.717) is 25.7 Å². The van der Waals surface area contributed by atoms with E-state index in [9.17, 15) is 26.4 Å². The van der Waals surface area contributed by atoms with Crippen LogP contribution < -0.4 is 5.32 Å². The zero-order chi connectivity index (χ0) is 17.8. The van der Waals surface area contributed by atoms with Crippen molar-refractivity contribution in [2.24, 2.45) is 0 Å². The Morgan fingerprint density at radius 1 is 1.33 bits per heavy atom. The van der Waals surface area contributed by atoms with Gasteiger partial charge in [0.1, 0.15) is 0 Å². The maximum absolute atomic E-state index is 12.6. The Morgan fingerprint density at radius 3 is 2.54 bits per heavy atom. The molecule has 0 radical (unpaired) electrons. The van der Waals surface area contributed by atoms with Crippen molar-refractivity contribution in [3.05, 3.63) is 18.0 Å². The van der Waals surface area contributed by atoms with Gasteiger partial charge in [0.15, 0.2) is 5.69 Å². The summed E-state index contributed by atoms with van der Waals surface area (Å²) in [5.74, 6) is -0.0709. The van der Waals surface area contributed by atoms with E-state index in [4.69, 9.17) is 0 Å². The second-order valence-corrected chi connectivity index (χ2v) is 7.64. The molecule has 2 rings (SSSR count). The van der Waals surface area contributed by atoms with E-state index >= 15 is 0 Å². The van der Waals surface area contributed by atoms with Gasteiger partial charge in [0.2, 0.25) is 16.4 Å². The molecule has 0 atom stereocenters. The first-order valence-corrected chi connectivity index (χ1v) is 9.12. The molecule has 0 spiro atoms. The number of carbonyl (C=O) groups excluding carboxylic acids is 1. The van der Waals surface area contributed by atoms with Crippen LogP contribution >= 0.6 is 0 Å². The van der Waals surface area contributed by atoms with Crippen molar-refractivity contribution in [2.75, 3.05) is 25.4 Å². The zero-order valence-corrected chi connectivity index (χ0v) is 13.7. The van der Waals surface area contributed by atoms with Gasteiger partial charge >= 0.3 is 6.18 Å². The molecule has 1 aliphatic rings. The maximum Gasteiger partial charge on any atom is 0.435 e. The number of alkyl halides is 3. The number of hydrogen-bond donors (Lipinski definition) is 1. The highest BCUT2D eigenvalue weighted by molar-refractivity contribution is 7.89. The molecule has 1 N–H and O–H groups in total. The van der Waals surface area contributed by atoms with Gasteiger partial charge in [-0.1, -0.05) is 0 Å². The van der Waals surface area contributed by atoms with Gasteiger partial charge < -0.3 is 5.32 Å². The lowest BCUT2D eigenvalue weighted by Gasteiger charge is -2.31. The standard InChI is InChI=1S/C13H19F3N4O3S/c14-13(15,16)12-4-8-20(18-12)11-2-6-19(7-3-11)24(22,23)9-1-5-17-10-21/h4,8,10-11H,1-3,5-7,9H2,(H,17,21). The number of amides is 1. The van der Waals surface area contributed by atoms with Gasteiger partial charge in [0.05, 0.1) is 11.8 Å². The largest absolute Gasteiger partial charge is 0.435 e. The number of rotatable bonds is 7. The lowest BCUT2D eigenvalue weighted by atomic mass is 10.1. The van der Waals surface area contributed by atoms with Crippen LogP contribution in [0.2, 0.25) is 0 Å². The van der Waals surface area contributed by atoms with Crippen LogP contribution in [0.15, 0.2) is 12.3 Å². The smallest absolute Gasteiger partial charge is 0.359 e. The summed E-state index contributed by atoms with van der Waals surface area (Å²) in [5.41, 5.74) is -0.944. The quantitative estimate of drug-likeness (QED) is 0.575. The fourth-order valence-electron chi connectivity index (χ4n) is 2.62. The molecule has 0 aliphatic carbocycles. The summed E-state index contributed by atoms with van der Waals surface area (Å²) in [6.45, 7) is 0.775. The molecule has 24 heavy (non-hydrogen) atoms. The molecule has 1 saturated heterocycles. The van der Waals surface area contributed by atoms with E-state index in [-0.39, 0.29) is 31.4 Å². The summed E-state index contributed by atoms with van der Waals surface area (Å²) in [7, 11) is -3.42. The monoisotopic (exact) mass is 368 g/mol. The molecule has 0 bridgehead atoms. The molecule has 0 aromatic carbocycles. The number of sulfonamides is 1. The molecule has 1 amide bonds. The first-order chi connectivity index (χ1) is 11.2. The summed E-state index contributed by atoms with van der Waals surface area (Å²) in [6, 6.07) is 0.674. The lowest BCUT2D eigenvalue weighted by Crippen LogP contribution is -2.40. The molecular formula is C13H19F3N4O3S.